The summed E-state index contributed by atoms with van der Waals surface area (Å²) in [4.78, 5) is 0.652. The Labute approximate surface area is 74.3 Å². The summed E-state index contributed by atoms with van der Waals surface area (Å²) in [7, 11) is 3.92. The maximum atomic E-state index is 10.5. The highest BCUT2D eigenvalue weighted by Gasteiger charge is 1.93. The molecule has 1 aromatic carbocycles. The molecule has 1 atom stereocenters. The Morgan fingerprint density at radius 2 is 1.64 bits per heavy atom. The lowest BCUT2D eigenvalue weighted by Gasteiger charge is -1.88. The zero-order valence-electron chi connectivity index (χ0n) is 6.58. The van der Waals surface area contributed by atoms with Gasteiger partial charge >= 0.3 is 0 Å². The number of benzene rings is 1. The number of rotatable bonds is 1. The van der Waals surface area contributed by atoms with E-state index in [4.69, 9.17) is 10.7 Å². The molecule has 0 radical (unpaired) electrons. The predicted octanol–water partition coefficient (Wildman–Crippen LogP) is 2.97. The molecule has 0 aliphatic carbocycles. The van der Waals surface area contributed by atoms with Crippen LogP contribution in [0.25, 0.3) is 0 Å². The van der Waals surface area contributed by atoms with Crippen molar-refractivity contribution >= 4 is 20.7 Å². The van der Waals surface area contributed by atoms with Crippen molar-refractivity contribution in [1.29, 1.82) is 0 Å². The van der Waals surface area contributed by atoms with E-state index in [-0.39, 0.29) is 0 Å². The summed E-state index contributed by atoms with van der Waals surface area (Å²) in [5.41, 5.74) is 0. The average Bonchev–Trinajstić information content (AvgIpc) is 2.10. The molecule has 0 saturated carbocycles. The van der Waals surface area contributed by atoms with Crippen LogP contribution in [0.15, 0.2) is 35.2 Å². The van der Waals surface area contributed by atoms with E-state index < -0.39 is 10.0 Å². The van der Waals surface area contributed by atoms with Crippen molar-refractivity contribution in [2.45, 2.75) is 18.7 Å². The Balaban J connectivity index is 0.000000461. The van der Waals surface area contributed by atoms with E-state index in [0.29, 0.717) is 4.90 Å². The summed E-state index contributed by atoms with van der Waals surface area (Å²) in [6.07, 6.45) is 0. The number of hydrogen-bond acceptors (Lipinski definition) is 1. The van der Waals surface area contributed by atoms with Crippen molar-refractivity contribution in [1.82, 2.24) is 0 Å². The molecule has 0 aliphatic rings. The Bertz CT molecular complexity index is 211. The summed E-state index contributed by atoms with van der Waals surface area (Å²) in [6, 6.07) is 8.91. The normalized spacial score (nSPS) is 11.2. The molecule has 1 rings (SSSR count). The lowest BCUT2D eigenvalue weighted by molar-refractivity contribution is 0.691. The predicted molar refractivity (Wildman–Crippen MR) is 50.1 cm³/mol. The van der Waals surface area contributed by atoms with Gasteiger partial charge in [0, 0.05) is 0 Å². The van der Waals surface area contributed by atoms with Gasteiger partial charge in [0.15, 0.2) is 0 Å². The van der Waals surface area contributed by atoms with Crippen LogP contribution in [-0.4, -0.2) is 4.21 Å². The van der Waals surface area contributed by atoms with Crippen molar-refractivity contribution < 1.29 is 4.21 Å². The molecule has 3 heteroatoms. The van der Waals surface area contributed by atoms with Gasteiger partial charge in [-0.2, -0.15) is 0 Å². The minimum absolute atomic E-state index is 0.652. The Hall–Kier alpha value is -0.340. The minimum atomic E-state index is -1.36. The van der Waals surface area contributed by atoms with Gasteiger partial charge < -0.3 is 0 Å². The van der Waals surface area contributed by atoms with Gasteiger partial charge in [-0.3, -0.25) is 0 Å². The first-order valence-electron chi connectivity index (χ1n) is 3.44. The minimum Gasteiger partial charge on any atom is -0.237 e. The third-order valence-corrected chi connectivity index (χ3v) is 2.11. The van der Waals surface area contributed by atoms with Crippen molar-refractivity contribution in [3.05, 3.63) is 30.3 Å². The van der Waals surface area contributed by atoms with E-state index in [1.807, 2.05) is 19.9 Å². The summed E-state index contributed by atoms with van der Waals surface area (Å²) < 4.78 is 10.5. The van der Waals surface area contributed by atoms with E-state index >= 15 is 0 Å². The second kappa shape index (κ2) is 6.38. The molecule has 0 bridgehead atoms. The number of halogens is 1. The molecule has 11 heavy (non-hydrogen) atoms. The van der Waals surface area contributed by atoms with Crippen LogP contribution >= 0.6 is 10.7 Å². The first-order valence-corrected chi connectivity index (χ1v) is 5.41. The molecular formula is C8H11ClOS. The molecule has 62 valence electrons. The van der Waals surface area contributed by atoms with E-state index in [1.54, 1.807) is 24.3 Å². The highest BCUT2D eigenvalue weighted by molar-refractivity contribution is 8.08. The van der Waals surface area contributed by atoms with Crippen molar-refractivity contribution in [3.63, 3.8) is 0 Å². The fourth-order valence-electron chi connectivity index (χ4n) is 0.527. The van der Waals surface area contributed by atoms with Crippen molar-refractivity contribution in [2.24, 2.45) is 0 Å². The van der Waals surface area contributed by atoms with E-state index in [0.717, 1.165) is 0 Å². The van der Waals surface area contributed by atoms with Crippen molar-refractivity contribution in [2.75, 3.05) is 0 Å². The van der Waals surface area contributed by atoms with Crippen molar-refractivity contribution in [3.8, 4) is 0 Å². The molecule has 0 N–H and O–H groups in total. The largest absolute Gasteiger partial charge is 0.237 e. The monoisotopic (exact) mass is 190 g/mol. The second-order valence-electron chi connectivity index (χ2n) is 1.54. The average molecular weight is 191 g/mol. The van der Waals surface area contributed by atoms with Crippen LogP contribution in [0.4, 0.5) is 0 Å². The van der Waals surface area contributed by atoms with Crippen LogP contribution in [0.5, 0.6) is 0 Å². The van der Waals surface area contributed by atoms with Crippen LogP contribution in [-0.2, 0) is 10.0 Å². The Kier molecular flexibility index (Phi) is 6.18. The van der Waals surface area contributed by atoms with Gasteiger partial charge in [0.05, 0.1) is 4.90 Å². The van der Waals surface area contributed by atoms with E-state index in [1.165, 1.54) is 0 Å². The fraction of sp³-hybridized carbons (Fsp3) is 0.250. The molecule has 0 spiro atoms. The van der Waals surface area contributed by atoms with Crippen LogP contribution < -0.4 is 0 Å². The molecular weight excluding hydrogens is 180 g/mol. The highest BCUT2D eigenvalue weighted by atomic mass is 35.7. The van der Waals surface area contributed by atoms with Gasteiger partial charge in [0.1, 0.15) is 10.0 Å². The molecule has 0 fully saturated rings. The lowest BCUT2D eigenvalue weighted by atomic mass is 10.4. The molecule has 0 amide bonds. The zero-order chi connectivity index (χ0) is 8.69. The maximum Gasteiger partial charge on any atom is 0.147 e. The topological polar surface area (TPSA) is 17.1 Å². The molecule has 0 aromatic heterocycles. The van der Waals surface area contributed by atoms with Crippen LogP contribution in [0.3, 0.4) is 0 Å². The summed E-state index contributed by atoms with van der Waals surface area (Å²) in [5, 5.41) is 0. The molecule has 1 nitrogen and oxygen atoms in total. The van der Waals surface area contributed by atoms with Crippen LogP contribution in [0, 0.1) is 0 Å². The third kappa shape index (κ3) is 4.17. The second-order valence-corrected chi connectivity index (χ2v) is 3.30. The highest BCUT2D eigenvalue weighted by Crippen LogP contribution is 2.07. The summed E-state index contributed by atoms with van der Waals surface area (Å²) in [6.45, 7) is 4.00. The van der Waals surface area contributed by atoms with Gasteiger partial charge in [-0.25, -0.2) is 4.21 Å². The van der Waals surface area contributed by atoms with Gasteiger partial charge in [-0.15, -0.1) is 0 Å². The zero-order valence-corrected chi connectivity index (χ0v) is 8.15. The SMILES string of the molecule is CC.O=S(Cl)c1ccccc1. The van der Waals surface area contributed by atoms with Gasteiger partial charge in [-0.1, -0.05) is 32.0 Å². The fourth-order valence-corrected chi connectivity index (χ4v) is 1.21. The Morgan fingerprint density at radius 3 is 1.91 bits per heavy atom. The first-order chi connectivity index (χ1) is 5.30. The molecule has 1 aromatic rings. The van der Waals surface area contributed by atoms with E-state index in [2.05, 4.69) is 0 Å². The molecule has 0 heterocycles. The molecule has 0 saturated heterocycles. The lowest BCUT2D eigenvalue weighted by Crippen LogP contribution is -1.77. The standard InChI is InChI=1S/C6H5ClOS.C2H6/c7-9(8)6-4-2-1-3-5-6;1-2/h1-5H;1-2H3. The molecule has 1 unspecified atom stereocenters. The van der Waals surface area contributed by atoms with E-state index in [9.17, 15) is 4.21 Å². The van der Waals surface area contributed by atoms with Gasteiger partial charge in [-0.05, 0) is 22.8 Å². The maximum absolute atomic E-state index is 10.5. The smallest absolute Gasteiger partial charge is 0.147 e. The number of hydrogen-bond donors (Lipinski definition) is 0. The summed E-state index contributed by atoms with van der Waals surface area (Å²) in [5.74, 6) is 0. The van der Waals surface area contributed by atoms with Gasteiger partial charge in [0.25, 0.3) is 0 Å². The first kappa shape index (κ1) is 10.7. The van der Waals surface area contributed by atoms with Gasteiger partial charge in [0.2, 0.25) is 0 Å². The Morgan fingerprint density at radius 1 is 1.18 bits per heavy atom. The van der Waals surface area contributed by atoms with Crippen LogP contribution in [0.2, 0.25) is 0 Å². The molecule has 0 aliphatic heterocycles. The van der Waals surface area contributed by atoms with Crippen LogP contribution in [0.1, 0.15) is 13.8 Å². The quantitative estimate of drug-likeness (QED) is 0.623. The summed E-state index contributed by atoms with van der Waals surface area (Å²) >= 11 is 0. The third-order valence-electron chi connectivity index (χ3n) is 0.929.